The van der Waals surface area contributed by atoms with Gasteiger partial charge in [0.2, 0.25) is 15.9 Å². The van der Waals surface area contributed by atoms with Gasteiger partial charge in [-0.15, -0.1) is 0 Å². The van der Waals surface area contributed by atoms with Crippen molar-refractivity contribution in [2.75, 3.05) is 18.8 Å². The van der Waals surface area contributed by atoms with E-state index in [2.05, 4.69) is 17.4 Å². The summed E-state index contributed by atoms with van der Waals surface area (Å²) in [5.74, 6) is 0.0695. The van der Waals surface area contributed by atoms with Gasteiger partial charge in [-0.1, -0.05) is 36.4 Å². The van der Waals surface area contributed by atoms with E-state index in [1.807, 2.05) is 37.3 Å². The van der Waals surface area contributed by atoms with E-state index >= 15 is 0 Å². The van der Waals surface area contributed by atoms with E-state index in [9.17, 15) is 13.2 Å². The molecule has 1 heterocycles. The lowest BCUT2D eigenvalue weighted by molar-refractivity contribution is -0.121. The van der Waals surface area contributed by atoms with Crippen LogP contribution in [0.25, 0.3) is 10.8 Å². The molecule has 1 N–H and O–H groups in total. The molecule has 6 heteroatoms. The number of amides is 1. The van der Waals surface area contributed by atoms with Crippen LogP contribution in [0.4, 0.5) is 0 Å². The van der Waals surface area contributed by atoms with Gasteiger partial charge in [0.05, 0.1) is 11.8 Å². The van der Waals surface area contributed by atoms with Crippen LogP contribution in [0.15, 0.2) is 42.5 Å². The summed E-state index contributed by atoms with van der Waals surface area (Å²) in [4.78, 5) is 12.1. The first-order valence-electron chi connectivity index (χ1n) is 8.21. The average molecular weight is 346 g/mol. The monoisotopic (exact) mass is 346 g/mol. The van der Waals surface area contributed by atoms with Crippen LogP contribution in [0, 0.1) is 0 Å². The van der Waals surface area contributed by atoms with Crippen LogP contribution in [0.3, 0.4) is 0 Å². The minimum atomic E-state index is -3.13. The summed E-state index contributed by atoms with van der Waals surface area (Å²) in [5, 5.41) is 5.26. The molecule has 0 saturated carbocycles. The quantitative estimate of drug-likeness (QED) is 0.904. The molecule has 2 aromatic carbocycles. The molecule has 0 spiro atoms. The van der Waals surface area contributed by atoms with E-state index in [0.717, 1.165) is 10.9 Å². The second-order valence-corrected chi connectivity index (χ2v) is 8.30. The van der Waals surface area contributed by atoms with E-state index in [1.54, 1.807) is 0 Å². The first-order chi connectivity index (χ1) is 11.5. The first-order valence-corrected chi connectivity index (χ1v) is 9.82. The van der Waals surface area contributed by atoms with Crippen molar-refractivity contribution in [2.24, 2.45) is 0 Å². The van der Waals surface area contributed by atoms with E-state index in [-0.39, 0.29) is 30.7 Å². The third-order valence-corrected chi connectivity index (χ3v) is 6.40. The smallest absolute Gasteiger partial charge is 0.221 e. The zero-order chi connectivity index (χ0) is 17.2. The first kappa shape index (κ1) is 16.9. The van der Waals surface area contributed by atoms with Gasteiger partial charge < -0.3 is 5.32 Å². The lowest BCUT2D eigenvalue weighted by Gasteiger charge is -2.17. The molecule has 0 aromatic heterocycles. The minimum absolute atomic E-state index is 0.114. The highest BCUT2D eigenvalue weighted by Gasteiger charge is 2.28. The number of carbonyl (C=O) groups is 1. The fourth-order valence-electron chi connectivity index (χ4n) is 3.04. The van der Waals surface area contributed by atoms with Crippen LogP contribution in [-0.2, 0) is 14.8 Å². The maximum Gasteiger partial charge on any atom is 0.221 e. The molecule has 1 atom stereocenters. The Bertz CT molecular complexity index is 848. The number of sulfonamides is 1. The fraction of sp³-hybridized carbons (Fsp3) is 0.389. The van der Waals surface area contributed by atoms with Crippen molar-refractivity contribution in [3.8, 4) is 0 Å². The average Bonchev–Trinajstić information content (AvgIpc) is 2.90. The van der Waals surface area contributed by atoms with Crippen molar-refractivity contribution in [2.45, 2.75) is 25.8 Å². The van der Waals surface area contributed by atoms with Crippen molar-refractivity contribution in [1.29, 1.82) is 0 Å². The standard InChI is InChI=1S/C18H22N2O3S/c1-14(16-8-7-15-5-2-3-6-17(15)13-16)19-18(21)9-11-20-10-4-12-24(20,22)23/h2-3,5-8,13-14H,4,9-12H2,1H3,(H,19,21). The van der Waals surface area contributed by atoms with Gasteiger partial charge in [0.1, 0.15) is 0 Å². The second-order valence-electron chi connectivity index (χ2n) is 6.21. The Morgan fingerprint density at radius 3 is 2.67 bits per heavy atom. The summed E-state index contributed by atoms with van der Waals surface area (Å²) in [5.41, 5.74) is 1.04. The van der Waals surface area contributed by atoms with Crippen molar-refractivity contribution >= 4 is 26.7 Å². The van der Waals surface area contributed by atoms with E-state index < -0.39 is 10.0 Å². The molecule has 0 aliphatic carbocycles. The van der Waals surface area contributed by atoms with E-state index in [0.29, 0.717) is 13.0 Å². The molecule has 3 rings (SSSR count). The highest BCUT2D eigenvalue weighted by Crippen LogP contribution is 2.20. The zero-order valence-corrected chi connectivity index (χ0v) is 14.6. The Labute approximate surface area is 142 Å². The molecule has 1 saturated heterocycles. The maximum absolute atomic E-state index is 12.1. The Balaban J connectivity index is 1.59. The molecule has 24 heavy (non-hydrogen) atoms. The molecule has 1 aliphatic heterocycles. The molecule has 0 bridgehead atoms. The second kappa shape index (κ2) is 6.91. The van der Waals surface area contributed by atoms with Crippen LogP contribution in [0.2, 0.25) is 0 Å². The zero-order valence-electron chi connectivity index (χ0n) is 13.7. The minimum Gasteiger partial charge on any atom is -0.350 e. The highest BCUT2D eigenvalue weighted by atomic mass is 32.2. The molecule has 1 fully saturated rings. The normalized spacial score (nSPS) is 18.5. The Hall–Kier alpha value is -1.92. The number of nitrogens with zero attached hydrogens (tertiary/aromatic N) is 1. The van der Waals surface area contributed by atoms with E-state index in [4.69, 9.17) is 0 Å². The number of hydrogen-bond acceptors (Lipinski definition) is 3. The highest BCUT2D eigenvalue weighted by molar-refractivity contribution is 7.89. The third kappa shape index (κ3) is 3.76. The van der Waals surface area contributed by atoms with Crippen molar-refractivity contribution in [3.05, 3.63) is 48.0 Å². The van der Waals surface area contributed by atoms with Gasteiger partial charge in [-0.2, -0.15) is 0 Å². The maximum atomic E-state index is 12.1. The van der Waals surface area contributed by atoms with Crippen LogP contribution < -0.4 is 5.32 Å². The van der Waals surface area contributed by atoms with Crippen LogP contribution >= 0.6 is 0 Å². The molecule has 0 radical (unpaired) electrons. The largest absolute Gasteiger partial charge is 0.350 e. The summed E-state index contributed by atoms with van der Waals surface area (Å²) in [7, 11) is -3.13. The van der Waals surface area contributed by atoms with E-state index in [1.165, 1.54) is 9.69 Å². The number of nitrogens with one attached hydrogen (secondary N) is 1. The fourth-order valence-corrected chi connectivity index (χ4v) is 4.57. The van der Waals surface area contributed by atoms with Gasteiger partial charge in [0.25, 0.3) is 0 Å². The molecule has 2 aromatic rings. The Kier molecular flexibility index (Phi) is 4.87. The predicted molar refractivity (Wildman–Crippen MR) is 95.1 cm³/mol. The number of carbonyl (C=O) groups excluding carboxylic acids is 1. The van der Waals surface area contributed by atoms with Gasteiger partial charge in [0, 0.05) is 19.5 Å². The summed E-state index contributed by atoms with van der Waals surface area (Å²) in [6.07, 6.45) is 0.842. The SMILES string of the molecule is CC(NC(=O)CCN1CCCS1(=O)=O)c1ccc2ccccc2c1. The van der Waals surface area contributed by atoms with Gasteiger partial charge in [-0.05, 0) is 35.7 Å². The summed E-state index contributed by atoms with van der Waals surface area (Å²) >= 11 is 0. The molecule has 1 unspecified atom stereocenters. The van der Waals surface area contributed by atoms with Crippen molar-refractivity contribution < 1.29 is 13.2 Å². The number of rotatable bonds is 5. The lowest BCUT2D eigenvalue weighted by atomic mass is 10.0. The number of fused-ring (bicyclic) bond motifs is 1. The lowest BCUT2D eigenvalue weighted by Crippen LogP contribution is -2.33. The van der Waals surface area contributed by atoms with Crippen LogP contribution in [-0.4, -0.2) is 37.5 Å². The third-order valence-electron chi connectivity index (χ3n) is 4.44. The van der Waals surface area contributed by atoms with Gasteiger partial charge in [0.15, 0.2) is 0 Å². The summed E-state index contributed by atoms with van der Waals surface area (Å²) in [6, 6.07) is 14.1. The molecule has 1 amide bonds. The van der Waals surface area contributed by atoms with Gasteiger partial charge in [-0.3, -0.25) is 4.79 Å². The molecule has 128 valence electrons. The molecular formula is C18H22N2O3S. The van der Waals surface area contributed by atoms with Gasteiger partial charge >= 0.3 is 0 Å². The molecule has 1 aliphatic rings. The summed E-state index contributed by atoms with van der Waals surface area (Å²) < 4.78 is 24.9. The predicted octanol–water partition coefficient (Wildman–Crippen LogP) is 2.44. The van der Waals surface area contributed by atoms with Crippen molar-refractivity contribution in [3.63, 3.8) is 0 Å². The Morgan fingerprint density at radius 2 is 1.96 bits per heavy atom. The number of hydrogen-bond donors (Lipinski definition) is 1. The van der Waals surface area contributed by atoms with Crippen LogP contribution in [0.1, 0.15) is 31.4 Å². The topological polar surface area (TPSA) is 66.5 Å². The molecule has 5 nitrogen and oxygen atoms in total. The summed E-state index contributed by atoms with van der Waals surface area (Å²) in [6.45, 7) is 2.73. The van der Waals surface area contributed by atoms with Crippen molar-refractivity contribution in [1.82, 2.24) is 9.62 Å². The Morgan fingerprint density at radius 1 is 1.21 bits per heavy atom. The number of benzene rings is 2. The molecular weight excluding hydrogens is 324 g/mol. The van der Waals surface area contributed by atoms with Crippen LogP contribution in [0.5, 0.6) is 0 Å². The van der Waals surface area contributed by atoms with Gasteiger partial charge in [-0.25, -0.2) is 12.7 Å².